The maximum absolute atomic E-state index is 12.5. The fraction of sp³-hybridized carbons (Fsp3) is 0.194. The summed E-state index contributed by atoms with van der Waals surface area (Å²) in [5.74, 6) is 0.399. The van der Waals surface area contributed by atoms with Crippen molar-refractivity contribution in [1.29, 1.82) is 0 Å². The number of carbonyl (C=O) groups is 1. The molecule has 2 aromatic heterocycles. The fourth-order valence-electron chi connectivity index (χ4n) is 5.22. The van der Waals surface area contributed by atoms with Crippen molar-refractivity contribution in [2.24, 2.45) is 0 Å². The molecule has 2 heterocycles. The summed E-state index contributed by atoms with van der Waals surface area (Å²) in [6.45, 7) is 5.40. The van der Waals surface area contributed by atoms with Gasteiger partial charge in [0.15, 0.2) is 5.82 Å². The minimum Gasteiger partial charge on any atom is -0.479 e. The van der Waals surface area contributed by atoms with Crippen LogP contribution in [0.25, 0.3) is 10.9 Å². The van der Waals surface area contributed by atoms with Crippen molar-refractivity contribution in [3.8, 4) is 5.88 Å². The lowest BCUT2D eigenvalue weighted by Gasteiger charge is -2.37. The number of pyridine rings is 1. The lowest BCUT2D eigenvalue weighted by Crippen LogP contribution is -2.45. The highest BCUT2D eigenvalue weighted by molar-refractivity contribution is 6.30. The number of nitrogens with zero attached hydrogens (tertiary/aromatic N) is 4. The molecule has 39 heavy (non-hydrogen) atoms. The summed E-state index contributed by atoms with van der Waals surface area (Å²) in [6, 6.07) is 31.9. The Morgan fingerprint density at radius 3 is 1.72 bits per heavy atom. The lowest BCUT2D eigenvalue weighted by atomic mass is 9.77. The largest absolute Gasteiger partial charge is 0.479 e. The van der Waals surface area contributed by atoms with Gasteiger partial charge in [0.25, 0.3) is 0 Å². The van der Waals surface area contributed by atoms with Crippen LogP contribution in [-0.4, -0.2) is 38.6 Å². The van der Waals surface area contributed by atoms with E-state index >= 15 is 0 Å². The molecule has 0 spiro atoms. The zero-order valence-electron chi connectivity index (χ0n) is 22.2. The zero-order valence-corrected chi connectivity index (χ0v) is 22.9. The maximum atomic E-state index is 12.5. The first kappa shape index (κ1) is 26.3. The quantitative estimate of drug-likeness (QED) is 0.182. The monoisotopic (exact) mass is 540 g/mol. The van der Waals surface area contributed by atoms with Crippen LogP contribution in [0.4, 0.5) is 10.6 Å². The smallest absolute Gasteiger partial charge is 0.413 e. The van der Waals surface area contributed by atoms with Gasteiger partial charge in [0.2, 0.25) is 5.88 Å². The first-order chi connectivity index (χ1) is 18.7. The average molecular weight is 541 g/mol. The Kier molecular flexibility index (Phi) is 6.78. The molecule has 0 saturated carbocycles. The van der Waals surface area contributed by atoms with Gasteiger partial charge in [-0.05, 0) is 37.5 Å². The molecule has 1 N–H and O–H groups in total. The van der Waals surface area contributed by atoms with Gasteiger partial charge in [0.1, 0.15) is 16.1 Å². The third kappa shape index (κ3) is 4.38. The Morgan fingerprint density at radius 1 is 0.872 bits per heavy atom. The van der Waals surface area contributed by atoms with Gasteiger partial charge < -0.3 is 9.84 Å². The second-order valence-corrected chi connectivity index (χ2v) is 10.6. The Hall–Kier alpha value is -4.36. The van der Waals surface area contributed by atoms with E-state index in [-0.39, 0.29) is 16.9 Å². The number of aromatic nitrogens is 3. The molecule has 0 unspecified atom stereocenters. The highest BCUT2D eigenvalue weighted by atomic mass is 35.5. The number of hydrogen-bond donors (Lipinski definition) is 1. The van der Waals surface area contributed by atoms with Gasteiger partial charge in [-0.25, -0.2) is 14.5 Å². The molecule has 0 aliphatic carbocycles. The van der Waals surface area contributed by atoms with Gasteiger partial charge in [-0.1, -0.05) is 103 Å². The second-order valence-electron chi connectivity index (χ2n) is 10.2. The van der Waals surface area contributed by atoms with E-state index < -0.39 is 17.2 Å². The zero-order chi connectivity index (χ0) is 27.8. The number of ether oxygens (including phenoxy) is 1. The standard InChI is InChI=1S/C31H29ClN4O3/c1-30(2,3)35(29(37)38)27-26-24(20-25(32)33-27)36(34-28(26)39-4)31(21-14-8-5-9-15-21,22-16-10-6-11-17-22)23-18-12-7-13-19-23/h5-20H,1-4H3,(H,37,38). The molecule has 0 radical (unpaired) electrons. The van der Waals surface area contributed by atoms with Crippen LogP contribution < -0.4 is 9.64 Å². The van der Waals surface area contributed by atoms with Gasteiger partial charge in [-0.3, -0.25) is 4.90 Å². The van der Waals surface area contributed by atoms with Crippen molar-refractivity contribution in [1.82, 2.24) is 14.8 Å². The number of anilines is 1. The van der Waals surface area contributed by atoms with Crippen LogP contribution in [0.3, 0.4) is 0 Å². The summed E-state index contributed by atoms with van der Waals surface area (Å²) in [7, 11) is 1.52. The summed E-state index contributed by atoms with van der Waals surface area (Å²) >= 11 is 6.62. The van der Waals surface area contributed by atoms with Crippen LogP contribution >= 0.6 is 11.6 Å². The SMILES string of the molecule is COc1nn(C(c2ccccc2)(c2ccccc2)c2ccccc2)c2cc(Cl)nc(N(C(=O)O)C(C)(C)C)c12. The number of benzene rings is 3. The van der Waals surface area contributed by atoms with Crippen LogP contribution in [0.15, 0.2) is 97.1 Å². The molecule has 5 rings (SSSR count). The van der Waals surface area contributed by atoms with Crippen LogP contribution in [0.2, 0.25) is 5.15 Å². The number of fused-ring (bicyclic) bond motifs is 1. The Morgan fingerprint density at radius 2 is 1.33 bits per heavy atom. The van der Waals surface area contributed by atoms with E-state index in [1.54, 1.807) is 26.8 Å². The van der Waals surface area contributed by atoms with Crippen LogP contribution in [0.5, 0.6) is 5.88 Å². The third-order valence-electron chi connectivity index (χ3n) is 6.74. The molecule has 3 aromatic carbocycles. The molecule has 0 aliphatic rings. The molecule has 0 fully saturated rings. The number of carboxylic acid groups (broad SMARTS) is 1. The number of rotatable bonds is 6. The highest BCUT2D eigenvalue weighted by Crippen LogP contribution is 2.46. The summed E-state index contributed by atoms with van der Waals surface area (Å²) in [5.41, 5.74) is 1.66. The molecule has 0 saturated heterocycles. The van der Waals surface area contributed by atoms with Gasteiger partial charge in [-0.2, -0.15) is 0 Å². The van der Waals surface area contributed by atoms with Gasteiger partial charge in [0.05, 0.1) is 12.6 Å². The van der Waals surface area contributed by atoms with Gasteiger partial charge in [0, 0.05) is 11.6 Å². The Bertz CT molecular complexity index is 1520. The molecule has 5 aromatic rings. The Labute approximate surface area is 232 Å². The number of methoxy groups -OCH3 is 1. The first-order valence-corrected chi connectivity index (χ1v) is 12.9. The summed E-state index contributed by atoms with van der Waals surface area (Å²) in [4.78, 5) is 18.2. The van der Waals surface area contributed by atoms with E-state index in [2.05, 4.69) is 41.4 Å². The molecular weight excluding hydrogens is 512 g/mol. The van der Waals surface area contributed by atoms with Crippen molar-refractivity contribution >= 4 is 34.4 Å². The van der Waals surface area contributed by atoms with Crippen LogP contribution in [-0.2, 0) is 5.54 Å². The van der Waals surface area contributed by atoms with E-state index in [4.69, 9.17) is 21.4 Å². The van der Waals surface area contributed by atoms with Crippen molar-refractivity contribution < 1.29 is 14.6 Å². The number of amides is 1. The summed E-state index contributed by atoms with van der Waals surface area (Å²) < 4.78 is 7.68. The molecule has 1 amide bonds. The van der Waals surface area contributed by atoms with Crippen molar-refractivity contribution in [3.63, 3.8) is 0 Å². The van der Waals surface area contributed by atoms with E-state index in [9.17, 15) is 9.90 Å². The van der Waals surface area contributed by atoms with Crippen LogP contribution in [0.1, 0.15) is 37.5 Å². The molecule has 0 bridgehead atoms. The summed E-state index contributed by atoms with van der Waals surface area (Å²) in [6.07, 6.45) is -1.16. The van der Waals surface area contributed by atoms with Gasteiger partial charge >= 0.3 is 6.09 Å². The lowest BCUT2D eigenvalue weighted by molar-refractivity contribution is 0.195. The predicted octanol–water partition coefficient (Wildman–Crippen LogP) is 7.22. The predicted molar refractivity (Wildman–Crippen MR) is 154 cm³/mol. The van der Waals surface area contributed by atoms with E-state index in [1.165, 1.54) is 12.0 Å². The second kappa shape index (κ2) is 10.1. The number of hydrogen-bond acceptors (Lipinski definition) is 4. The first-order valence-electron chi connectivity index (χ1n) is 12.5. The molecular formula is C31H29ClN4O3. The van der Waals surface area contributed by atoms with Crippen molar-refractivity contribution in [2.45, 2.75) is 31.8 Å². The van der Waals surface area contributed by atoms with E-state index in [0.29, 0.717) is 10.9 Å². The average Bonchev–Trinajstić information content (AvgIpc) is 3.29. The molecule has 8 heteroatoms. The third-order valence-corrected chi connectivity index (χ3v) is 6.93. The van der Waals surface area contributed by atoms with Crippen molar-refractivity contribution in [3.05, 3.63) is 119 Å². The topological polar surface area (TPSA) is 80.5 Å². The Balaban J connectivity index is 2.00. The van der Waals surface area contributed by atoms with Crippen LogP contribution in [0, 0.1) is 0 Å². The minimum atomic E-state index is -1.16. The minimum absolute atomic E-state index is 0.139. The fourth-order valence-corrected chi connectivity index (χ4v) is 5.40. The maximum Gasteiger partial charge on any atom is 0.413 e. The molecule has 0 aliphatic heterocycles. The molecule has 198 valence electrons. The molecule has 0 atom stereocenters. The van der Waals surface area contributed by atoms with Gasteiger partial charge in [-0.15, -0.1) is 5.10 Å². The normalized spacial score (nSPS) is 11.9. The van der Waals surface area contributed by atoms with E-state index in [1.807, 2.05) is 59.3 Å². The number of halogens is 1. The van der Waals surface area contributed by atoms with E-state index in [0.717, 1.165) is 16.7 Å². The summed E-state index contributed by atoms with van der Waals surface area (Å²) in [5, 5.41) is 15.9. The van der Waals surface area contributed by atoms with Crippen molar-refractivity contribution in [2.75, 3.05) is 12.0 Å². The highest BCUT2D eigenvalue weighted by Gasteiger charge is 2.42. The molecule has 7 nitrogen and oxygen atoms in total.